The fraction of sp³-hybridized carbons (Fsp3) is 0.129. The largest absolute Gasteiger partial charge is 0.462 e. The fourth-order valence-electron chi connectivity index (χ4n) is 4.41. The van der Waals surface area contributed by atoms with Crippen LogP contribution in [0.1, 0.15) is 38.1 Å². The van der Waals surface area contributed by atoms with E-state index in [2.05, 4.69) is 21.2 Å². The fourth-order valence-corrected chi connectivity index (χ4v) is 5.83. The van der Waals surface area contributed by atoms with Gasteiger partial charge in [0.2, 0.25) is 0 Å². The molecule has 0 saturated carbocycles. The standard InChI is InChI=1S/C31H25BrN2O3S/c1-4-37-31(36)28-27(21-8-6-5-7-9-21)19(3)38-30(28)34-29(35)24-17-26(20-12-10-18(2)11-13-20)33-25-15-14-22(32)16-23(24)25/h5-17H,4H2,1-3H3,(H,34,35). The summed E-state index contributed by atoms with van der Waals surface area (Å²) in [5.74, 6) is -0.788. The first-order chi connectivity index (χ1) is 18.4. The normalized spacial score (nSPS) is 10.9. The first-order valence-electron chi connectivity index (χ1n) is 12.2. The first kappa shape index (κ1) is 25.8. The molecule has 2 aromatic heterocycles. The Bertz CT molecular complexity index is 1660. The lowest BCUT2D eigenvalue weighted by molar-refractivity contribution is 0.0529. The van der Waals surface area contributed by atoms with Gasteiger partial charge in [0.05, 0.1) is 23.4 Å². The molecule has 5 rings (SSSR count). The van der Waals surface area contributed by atoms with Gasteiger partial charge in [0.1, 0.15) is 10.6 Å². The van der Waals surface area contributed by atoms with Gasteiger partial charge in [-0.25, -0.2) is 9.78 Å². The summed E-state index contributed by atoms with van der Waals surface area (Å²) in [6.07, 6.45) is 0. The topological polar surface area (TPSA) is 68.3 Å². The molecule has 1 N–H and O–H groups in total. The van der Waals surface area contributed by atoms with Crippen molar-refractivity contribution < 1.29 is 14.3 Å². The second kappa shape index (κ2) is 10.9. The van der Waals surface area contributed by atoms with E-state index < -0.39 is 5.97 Å². The Morgan fingerprint density at radius 3 is 2.39 bits per heavy atom. The molecule has 0 aliphatic heterocycles. The molecule has 0 radical (unpaired) electrons. The van der Waals surface area contributed by atoms with Gasteiger partial charge < -0.3 is 10.1 Å². The summed E-state index contributed by atoms with van der Waals surface area (Å²) in [5.41, 5.74) is 5.96. The van der Waals surface area contributed by atoms with Crippen LogP contribution < -0.4 is 5.32 Å². The van der Waals surface area contributed by atoms with Crippen LogP contribution in [-0.2, 0) is 4.74 Å². The van der Waals surface area contributed by atoms with E-state index in [1.54, 1.807) is 13.0 Å². The van der Waals surface area contributed by atoms with Crippen LogP contribution >= 0.6 is 27.3 Å². The van der Waals surface area contributed by atoms with Gasteiger partial charge in [-0.1, -0.05) is 76.1 Å². The molecule has 0 bridgehead atoms. The number of esters is 1. The van der Waals surface area contributed by atoms with Crippen molar-refractivity contribution >= 4 is 55.0 Å². The third kappa shape index (κ3) is 5.12. The Morgan fingerprint density at radius 2 is 1.68 bits per heavy atom. The minimum Gasteiger partial charge on any atom is -0.462 e. The smallest absolute Gasteiger partial charge is 0.341 e. The zero-order chi connectivity index (χ0) is 26.8. The molecule has 0 fully saturated rings. The summed E-state index contributed by atoms with van der Waals surface area (Å²) in [6, 6.07) is 25.2. The number of hydrogen-bond acceptors (Lipinski definition) is 5. The number of pyridine rings is 1. The van der Waals surface area contributed by atoms with Gasteiger partial charge in [0.25, 0.3) is 5.91 Å². The van der Waals surface area contributed by atoms with Gasteiger partial charge in [-0.2, -0.15) is 0 Å². The maximum atomic E-state index is 13.9. The second-order valence-corrected chi connectivity index (χ2v) is 11.0. The molecular formula is C31H25BrN2O3S. The van der Waals surface area contributed by atoms with Crippen LogP contribution in [-0.4, -0.2) is 23.5 Å². The van der Waals surface area contributed by atoms with Crippen LogP contribution in [0.2, 0.25) is 0 Å². The van der Waals surface area contributed by atoms with Gasteiger partial charge in [-0.3, -0.25) is 4.79 Å². The average Bonchev–Trinajstić information content (AvgIpc) is 3.24. The maximum absolute atomic E-state index is 13.9. The lowest BCUT2D eigenvalue weighted by Crippen LogP contribution is -2.15. The van der Waals surface area contributed by atoms with E-state index in [1.807, 2.05) is 86.6 Å². The molecule has 2 heterocycles. The number of thiophene rings is 1. The Morgan fingerprint density at radius 1 is 0.947 bits per heavy atom. The molecule has 0 saturated heterocycles. The average molecular weight is 586 g/mol. The van der Waals surface area contributed by atoms with Crippen molar-refractivity contribution in [2.45, 2.75) is 20.8 Å². The van der Waals surface area contributed by atoms with E-state index in [-0.39, 0.29) is 12.5 Å². The van der Waals surface area contributed by atoms with Crippen molar-refractivity contribution in [2.24, 2.45) is 0 Å². The van der Waals surface area contributed by atoms with Crippen LogP contribution in [0.15, 0.2) is 83.3 Å². The van der Waals surface area contributed by atoms with Crippen LogP contribution in [0, 0.1) is 13.8 Å². The number of anilines is 1. The molecule has 0 atom stereocenters. The van der Waals surface area contributed by atoms with Crippen molar-refractivity contribution in [1.29, 1.82) is 0 Å². The van der Waals surface area contributed by atoms with Crippen molar-refractivity contribution in [3.8, 4) is 22.4 Å². The number of nitrogens with zero attached hydrogens (tertiary/aromatic N) is 1. The molecule has 0 unspecified atom stereocenters. The molecule has 0 aliphatic rings. The highest BCUT2D eigenvalue weighted by molar-refractivity contribution is 9.10. The molecule has 5 aromatic rings. The minimum absolute atomic E-state index is 0.234. The van der Waals surface area contributed by atoms with Gasteiger partial charge in [0, 0.05) is 25.9 Å². The Hall–Kier alpha value is -3.81. The highest BCUT2D eigenvalue weighted by Crippen LogP contribution is 2.41. The molecule has 0 spiro atoms. The predicted octanol–water partition coefficient (Wildman–Crippen LogP) is 8.44. The van der Waals surface area contributed by atoms with E-state index in [1.165, 1.54) is 11.3 Å². The zero-order valence-corrected chi connectivity index (χ0v) is 23.6. The molecule has 7 heteroatoms. The molecule has 1 amide bonds. The van der Waals surface area contributed by atoms with Crippen LogP contribution in [0.5, 0.6) is 0 Å². The minimum atomic E-state index is -0.464. The van der Waals surface area contributed by atoms with Crippen LogP contribution in [0.4, 0.5) is 5.00 Å². The number of amides is 1. The number of carbonyl (C=O) groups is 2. The molecule has 0 aliphatic carbocycles. The van der Waals surface area contributed by atoms with Crippen molar-refractivity contribution in [3.63, 3.8) is 0 Å². The molecular weight excluding hydrogens is 560 g/mol. The predicted molar refractivity (Wildman–Crippen MR) is 158 cm³/mol. The number of rotatable bonds is 6. The van der Waals surface area contributed by atoms with E-state index in [0.717, 1.165) is 31.6 Å². The van der Waals surface area contributed by atoms with Crippen molar-refractivity contribution in [1.82, 2.24) is 4.98 Å². The van der Waals surface area contributed by atoms with E-state index in [0.29, 0.717) is 32.7 Å². The maximum Gasteiger partial charge on any atom is 0.341 e. The highest BCUT2D eigenvalue weighted by Gasteiger charge is 2.26. The number of carbonyl (C=O) groups excluding carboxylic acids is 2. The first-order valence-corrected chi connectivity index (χ1v) is 13.8. The van der Waals surface area contributed by atoms with E-state index in [9.17, 15) is 9.59 Å². The summed E-state index contributed by atoms with van der Waals surface area (Å²) in [6.45, 7) is 5.98. The number of benzene rings is 3. The van der Waals surface area contributed by atoms with Crippen molar-refractivity contribution in [3.05, 3.63) is 105 Å². The number of hydrogen-bond donors (Lipinski definition) is 1. The molecule has 190 valence electrons. The third-order valence-electron chi connectivity index (χ3n) is 6.22. The van der Waals surface area contributed by atoms with Crippen LogP contribution in [0.3, 0.4) is 0 Å². The molecule has 3 aromatic carbocycles. The summed E-state index contributed by atoms with van der Waals surface area (Å²) < 4.78 is 6.25. The molecule has 38 heavy (non-hydrogen) atoms. The second-order valence-electron chi connectivity index (χ2n) is 8.86. The Labute approximate surface area is 233 Å². The SMILES string of the molecule is CCOC(=O)c1c(NC(=O)c2cc(-c3ccc(C)cc3)nc3ccc(Br)cc23)sc(C)c1-c1ccccc1. The molecule has 5 nitrogen and oxygen atoms in total. The van der Waals surface area contributed by atoms with Gasteiger partial charge in [-0.05, 0) is 50.6 Å². The Balaban J connectivity index is 1.63. The monoisotopic (exact) mass is 584 g/mol. The van der Waals surface area contributed by atoms with Gasteiger partial charge >= 0.3 is 5.97 Å². The van der Waals surface area contributed by atoms with Gasteiger partial charge in [-0.15, -0.1) is 11.3 Å². The number of halogens is 1. The zero-order valence-electron chi connectivity index (χ0n) is 21.2. The van der Waals surface area contributed by atoms with Crippen LogP contribution in [0.25, 0.3) is 33.3 Å². The third-order valence-corrected chi connectivity index (χ3v) is 7.73. The number of aromatic nitrogens is 1. The number of aryl methyl sites for hydroxylation is 2. The Kier molecular flexibility index (Phi) is 7.40. The quantitative estimate of drug-likeness (QED) is 0.203. The van der Waals surface area contributed by atoms with E-state index in [4.69, 9.17) is 9.72 Å². The summed E-state index contributed by atoms with van der Waals surface area (Å²) in [4.78, 5) is 32.7. The lowest BCUT2D eigenvalue weighted by atomic mass is 10.0. The lowest BCUT2D eigenvalue weighted by Gasteiger charge is -2.12. The van der Waals surface area contributed by atoms with E-state index >= 15 is 0 Å². The summed E-state index contributed by atoms with van der Waals surface area (Å²) >= 11 is 4.89. The van der Waals surface area contributed by atoms with Crippen molar-refractivity contribution in [2.75, 3.05) is 11.9 Å². The number of fused-ring (bicyclic) bond motifs is 1. The number of ether oxygens (including phenoxy) is 1. The van der Waals surface area contributed by atoms with Gasteiger partial charge in [0.15, 0.2) is 0 Å². The highest BCUT2D eigenvalue weighted by atomic mass is 79.9. The summed E-state index contributed by atoms with van der Waals surface area (Å²) in [7, 11) is 0. The number of nitrogens with one attached hydrogen (secondary N) is 1. The summed E-state index contributed by atoms with van der Waals surface area (Å²) in [5, 5.41) is 4.20.